The fourth-order valence-electron chi connectivity index (χ4n) is 2.74. The molecule has 2 saturated heterocycles. The zero-order valence-corrected chi connectivity index (χ0v) is 12.6. The van der Waals surface area contributed by atoms with Crippen molar-refractivity contribution in [1.29, 1.82) is 0 Å². The second kappa shape index (κ2) is 6.37. The van der Waals surface area contributed by atoms with Crippen molar-refractivity contribution in [2.45, 2.75) is 24.1 Å². The molecule has 0 aliphatic carbocycles. The van der Waals surface area contributed by atoms with Gasteiger partial charge >= 0.3 is 17.0 Å². The highest BCUT2D eigenvalue weighted by molar-refractivity contribution is 6.03. The number of esters is 1. The molecule has 0 aromatic heterocycles. The van der Waals surface area contributed by atoms with Gasteiger partial charge in [-0.1, -0.05) is 12.1 Å². The zero-order chi connectivity index (χ0) is 18.2. The fraction of sp³-hybridized carbons (Fsp3) is 0.429. The summed E-state index contributed by atoms with van der Waals surface area (Å²) in [6.45, 7) is -0.534. The van der Waals surface area contributed by atoms with Gasteiger partial charge in [0, 0.05) is 0 Å². The Bertz CT molecular complexity index is 721. The molecule has 0 spiro atoms. The lowest BCUT2D eigenvalue weighted by atomic mass is 10.1. The van der Waals surface area contributed by atoms with Crippen molar-refractivity contribution >= 4 is 11.9 Å². The number of fused-ring (bicyclic) bond motifs is 1. The Kier molecular flexibility index (Phi) is 4.39. The van der Waals surface area contributed by atoms with Crippen LogP contribution < -0.4 is 0 Å². The van der Waals surface area contributed by atoms with Crippen LogP contribution in [0.1, 0.15) is 20.7 Å². The Balaban J connectivity index is 1.80. The molecule has 4 atom stereocenters. The van der Waals surface area contributed by atoms with Crippen LogP contribution in [0, 0.1) is 10.1 Å². The van der Waals surface area contributed by atoms with Gasteiger partial charge in [0.25, 0.3) is 5.79 Å². The summed E-state index contributed by atoms with van der Waals surface area (Å²) in [7, 11) is 0. The molecule has 1 aromatic carbocycles. The van der Waals surface area contributed by atoms with Crippen molar-refractivity contribution in [2.24, 2.45) is 0 Å². The summed E-state index contributed by atoms with van der Waals surface area (Å²) in [5, 5.41) is 29.1. The molecule has 0 unspecified atom stereocenters. The highest BCUT2D eigenvalue weighted by atomic mass is 17.0. The maximum Gasteiger partial charge on any atom is 0.341 e. The minimum Gasteiger partial charge on any atom is -0.424 e. The maximum absolute atomic E-state index is 12.4. The number of carbonyl (C=O) groups excluding carboxylic acids is 2. The van der Waals surface area contributed by atoms with E-state index in [-0.39, 0.29) is 12.2 Å². The number of ether oxygens (including phenoxy) is 3. The number of hydrogen-bond donors (Lipinski definition) is 2. The van der Waals surface area contributed by atoms with Crippen LogP contribution in [-0.2, 0) is 19.0 Å². The second-order valence-electron chi connectivity index (χ2n) is 5.48. The van der Waals surface area contributed by atoms with Crippen molar-refractivity contribution in [3.05, 3.63) is 45.5 Å². The normalized spacial score (nSPS) is 30.6. The van der Waals surface area contributed by atoms with Crippen molar-refractivity contribution < 1.29 is 43.9 Å². The molecular weight excluding hydrogens is 342 g/mol. The third-order valence-corrected chi connectivity index (χ3v) is 3.85. The predicted octanol–water partition coefficient (Wildman–Crippen LogP) is -0.961. The van der Waals surface area contributed by atoms with Crippen LogP contribution in [0.15, 0.2) is 24.3 Å². The molecule has 25 heavy (non-hydrogen) atoms. The number of benzene rings is 1. The Morgan fingerprint density at radius 3 is 2.52 bits per heavy atom. The van der Waals surface area contributed by atoms with E-state index in [9.17, 15) is 29.9 Å². The molecule has 1 aromatic rings. The van der Waals surface area contributed by atoms with Gasteiger partial charge in [0.2, 0.25) is 0 Å². The number of nitrogens with zero attached hydrogens (tertiary/aromatic N) is 1. The molecule has 2 heterocycles. The number of aliphatic hydroxyl groups excluding tert-OH is 1. The minimum atomic E-state index is -2.17. The molecule has 11 nitrogen and oxygen atoms in total. The van der Waals surface area contributed by atoms with Gasteiger partial charge in [-0.2, -0.15) is 0 Å². The van der Waals surface area contributed by atoms with Gasteiger partial charge in [-0.15, -0.1) is 10.1 Å². The summed E-state index contributed by atoms with van der Waals surface area (Å²) in [4.78, 5) is 38.2. The summed E-state index contributed by atoms with van der Waals surface area (Å²) >= 11 is 0. The molecule has 2 N–H and O–H groups in total. The van der Waals surface area contributed by atoms with E-state index >= 15 is 0 Å². The van der Waals surface area contributed by atoms with Gasteiger partial charge in [0.05, 0.1) is 17.7 Å². The monoisotopic (exact) mass is 355 g/mol. The van der Waals surface area contributed by atoms with Crippen LogP contribution in [0.25, 0.3) is 0 Å². The fourth-order valence-corrected chi connectivity index (χ4v) is 2.74. The lowest BCUT2D eigenvalue weighted by Gasteiger charge is -2.26. The second-order valence-corrected chi connectivity index (χ2v) is 5.48. The largest absolute Gasteiger partial charge is 0.424 e. The van der Waals surface area contributed by atoms with Crippen molar-refractivity contribution in [3.63, 3.8) is 0 Å². The average molecular weight is 355 g/mol. The van der Waals surface area contributed by atoms with Crippen LogP contribution in [0.2, 0.25) is 0 Å². The lowest BCUT2D eigenvalue weighted by molar-refractivity contribution is -0.727. The summed E-state index contributed by atoms with van der Waals surface area (Å²) < 4.78 is 15.4. The van der Waals surface area contributed by atoms with Crippen molar-refractivity contribution in [1.82, 2.24) is 0 Å². The number of rotatable bonds is 4. The van der Waals surface area contributed by atoms with Crippen molar-refractivity contribution in [3.8, 4) is 0 Å². The van der Waals surface area contributed by atoms with Gasteiger partial charge in [-0.3, -0.25) is 4.79 Å². The predicted molar refractivity (Wildman–Crippen MR) is 74.7 cm³/mol. The van der Waals surface area contributed by atoms with E-state index in [0.717, 1.165) is 6.07 Å². The Morgan fingerprint density at radius 1 is 1.24 bits per heavy atom. The molecule has 2 fully saturated rings. The van der Waals surface area contributed by atoms with E-state index in [0.29, 0.717) is 0 Å². The van der Waals surface area contributed by atoms with Gasteiger partial charge in [-0.25, -0.2) is 9.63 Å². The van der Waals surface area contributed by atoms with Crippen LogP contribution in [-0.4, -0.2) is 64.6 Å². The quantitative estimate of drug-likeness (QED) is 0.298. The number of aliphatic hydroxyl groups is 2. The third kappa shape index (κ3) is 3.17. The van der Waals surface area contributed by atoms with E-state index in [1.165, 1.54) is 18.2 Å². The van der Waals surface area contributed by atoms with Gasteiger partial charge in [0.1, 0.15) is 18.8 Å². The first-order chi connectivity index (χ1) is 11.8. The standard InChI is InChI=1S/C14H13NO10/c16-9-5-22-11-10(9)23-6-14(11,19)24-12(17)7-3-1-2-4-8(7)13(18)25-15(20)21/h1-4,9-11,16,19H,5-6H2/t9-,10-,11+,14+/m1/s1. The summed E-state index contributed by atoms with van der Waals surface area (Å²) in [6, 6.07) is 5.08. The molecule has 0 amide bonds. The van der Waals surface area contributed by atoms with Crippen LogP contribution in [0.4, 0.5) is 0 Å². The van der Waals surface area contributed by atoms with Crippen LogP contribution in [0.5, 0.6) is 0 Å². The Labute approximate surface area is 139 Å². The first-order valence-corrected chi connectivity index (χ1v) is 7.14. The summed E-state index contributed by atoms with van der Waals surface area (Å²) in [5.41, 5.74) is -0.750. The topological polar surface area (TPSA) is 155 Å². The molecule has 134 valence electrons. The molecule has 0 saturated carbocycles. The smallest absolute Gasteiger partial charge is 0.341 e. The molecule has 2 aliphatic heterocycles. The van der Waals surface area contributed by atoms with Gasteiger partial charge < -0.3 is 24.4 Å². The van der Waals surface area contributed by atoms with Gasteiger partial charge in [-0.05, 0) is 12.1 Å². The Hall–Kier alpha value is -2.60. The number of carbonyl (C=O) groups is 2. The highest BCUT2D eigenvalue weighted by Gasteiger charge is 2.58. The van der Waals surface area contributed by atoms with E-state index in [2.05, 4.69) is 4.84 Å². The highest BCUT2D eigenvalue weighted by Crippen LogP contribution is 2.35. The van der Waals surface area contributed by atoms with E-state index in [4.69, 9.17) is 14.2 Å². The van der Waals surface area contributed by atoms with E-state index in [1.54, 1.807) is 0 Å². The van der Waals surface area contributed by atoms with Gasteiger partial charge in [0.15, 0.2) is 6.10 Å². The van der Waals surface area contributed by atoms with E-state index in [1.807, 2.05) is 0 Å². The molecule has 2 aliphatic rings. The molecule has 0 radical (unpaired) electrons. The summed E-state index contributed by atoms with van der Waals surface area (Å²) in [5.74, 6) is -4.66. The Morgan fingerprint density at radius 2 is 1.88 bits per heavy atom. The van der Waals surface area contributed by atoms with Crippen molar-refractivity contribution in [2.75, 3.05) is 13.2 Å². The zero-order valence-electron chi connectivity index (χ0n) is 12.6. The first-order valence-electron chi connectivity index (χ1n) is 7.14. The van der Waals surface area contributed by atoms with Crippen LogP contribution in [0.3, 0.4) is 0 Å². The van der Waals surface area contributed by atoms with Crippen LogP contribution >= 0.6 is 0 Å². The maximum atomic E-state index is 12.4. The minimum absolute atomic E-state index is 0.0963. The molecule has 0 bridgehead atoms. The first kappa shape index (κ1) is 17.2. The van der Waals surface area contributed by atoms with E-state index < -0.39 is 53.3 Å². The molecule has 11 heteroatoms. The molecule has 3 rings (SSSR count). The third-order valence-electron chi connectivity index (χ3n) is 3.85. The SMILES string of the molecule is O=C(O[N+](=O)[O-])c1ccccc1C(=O)O[C@@]1(O)CO[C@@H]2[C@H](O)CO[C@@H]21. The lowest BCUT2D eigenvalue weighted by Crippen LogP contribution is -2.47. The molecular formula is C14H13NO10. The summed E-state index contributed by atoms with van der Waals surface area (Å²) in [6.07, 6.45) is -2.92. The average Bonchev–Trinajstić information content (AvgIpc) is 3.08. The number of hydrogen-bond acceptors (Lipinski definition) is 10.